The molecule has 1 heterocycles. The number of hydrogen-bond acceptors (Lipinski definition) is 2. The Bertz CT molecular complexity index is 473. The molecule has 0 aliphatic carbocycles. The van der Waals surface area contributed by atoms with Gasteiger partial charge >= 0.3 is 0 Å². The van der Waals surface area contributed by atoms with Crippen molar-refractivity contribution in [1.82, 2.24) is 4.98 Å². The van der Waals surface area contributed by atoms with Gasteiger partial charge in [-0.1, -0.05) is 30.3 Å². The maximum atomic E-state index is 5.81. The van der Waals surface area contributed by atoms with Gasteiger partial charge in [-0.25, -0.2) is 0 Å². The lowest BCUT2D eigenvalue weighted by Gasteiger charge is -2.13. The fourth-order valence-corrected chi connectivity index (χ4v) is 1.99. The normalized spacial score (nSPS) is 12.4. The van der Waals surface area contributed by atoms with Gasteiger partial charge in [0, 0.05) is 16.9 Å². The smallest absolute Gasteiger partial charge is 0.0801 e. The molecule has 0 saturated heterocycles. The van der Waals surface area contributed by atoms with E-state index in [0.29, 0.717) is 6.61 Å². The molecule has 2 aromatic rings. The molecule has 1 atom stereocenters. The van der Waals surface area contributed by atoms with Crippen molar-refractivity contribution in [3.05, 3.63) is 64.4 Å². The van der Waals surface area contributed by atoms with Crippen LogP contribution in [0.5, 0.6) is 0 Å². The van der Waals surface area contributed by atoms with E-state index in [1.165, 1.54) is 5.56 Å². The first-order chi connectivity index (χ1) is 8.25. The van der Waals surface area contributed by atoms with Crippen LogP contribution in [0.1, 0.15) is 24.2 Å². The van der Waals surface area contributed by atoms with E-state index in [0.717, 1.165) is 10.0 Å². The molecular weight excluding hydrogens is 278 g/mol. The molecule has 0 radical (unpaired) electrons. The molecule has 0 fully saturated rings. The molecule has 1 unspecified atom stereocenters. The van der Waals surface area contributed by atoms with Gasteiger partial charge in [0.25, 0.3) is 0 Å². The van der Waals surface area contributed by atoms with Gasteiger partial charge in [-0.15, -0.1) is 0 Å². The van der Waals surface area contributed by atoms with Crippen LogP contribution in [-0.2, 0) is 11.3 Å². The van der Waals surface area contributed by atoms with Gasteiger partial charge in [-0.05, 0) is 40.0 Å². The second-order valence-corrected chi connectivity index (χ2v) is 4.79. The van der Waals surface area contributed by atoms with Crippen LogP contribution in [-0.4, -0.2) is 4.98 Å². The molecule has 1 aromatic carbocycles. The zero-order valence-corrected chi connectivity index (χ0v) is 11.2. The number of ether oxygens (including phenoxy) is 1. The maximum Gasteiger partial charge on any atom is 0.0801 e. The Balaban J connectivity index is 1.95. The van der Waals surface area contributed by atoms with Gasteiger partial charge in [0.05, 0.1) is 12.7 Å². The molecule has 1 aromatic heterocycles. The van der Waals surface area contributed by atoms with Gasteiger partial charge in [0.1, 0.15) is 0 Å². The number of halogens is 1. The van der Waals surface area contributed by atoms with E-state index in [-0.39, 0.29) is 6.10 Å². The average molecular weight is 292 g/mol. The summed E-state index contributed by atoms with van der Waals surface area (Å²) < 4.78 is 6.79. The van der Waals surface area contributed by atoms with Crippen molar-refractivity contribution in [2.45, 2.75) is 19.6 Å². The highest BCUT2D eigenvalue weighted by atomic mass is 79.9. The third-order valence-electron chi connectivity index (χ3n) is 2.53. The van der Waals surface area contributed by atoms with Gasteiger partial charge in [0.15, 0.2) is 0 Å². The number of pyridine rings is 1. The lowest BCUT2D eigenvalue weighted by molar-refractivity contribution is 0.0524. The van der Waals surface area contributed by atoms with Crippen molar-refractivity contribution in [1.29, 1.82) is 0 Å². The zero-order valence-electron chi connectivity index (χ0n) is 9.64. The minimum Gasteiger partial charge on any atom is -0.369 e. The number of benzene rings is 1. The summed E-state index contributed by atoms with van der Waals surface area (Å²) in [5, 5.41) is 0. The fourth-order valence-electron chi connectivity index (χ4n) is 1.58. The molecule has 2 nitrogen and oxygen atoms in total. The first-order valence-corrected chi connectivity index (χ1v) is 6.31. The summed E-state index contributed by atoms with van der Waals surface area (Å²) in [5.41, 5.74) is 2.26. The monoisotopic (exact) mass is 291 g/mol. The number of aromatic nitrogens is 1. The summed E-state index contributed by atoms with van der Waals surface area (Å²) in [7, 11) is 0. The van der Waals surface area contributed by atoms with Crippen LogP contribution in [0.2, 0.25) is 0 Å². The largest absolute Gasteiger partial charge is 0.369 e. The molecule has 17 heavy (non-hydrogen) atoms. The second kappa shape index (κ2) is 5.94. The van der Waals surface area contributed by atoms with E-state index < -0.39 is 0 Å². The van der Waals surface area contributed by atoms with Crippen molar-refractivity contribution in [2.24, 2.45) is 0 Å². The first kappa shape index (κ1) is 12.3. The Morgan fingerprint density at radius 2 is 2.00 bits per heavy atom. The molecular formula is C14H14BrNO. The maximum absolute atomic E-state index is 5.81. The van der Waals surface area contributed by atoms with Crippen molar-refractivity contribution in [2.75, 3.05) is 0 Å². The minimum absolute atomic E-state index is 0.0928. The van der Waals surface area contributed by atoms with Crippen LogP contribution in [0.3, 0.4) is 0 Å². The highest BCUT2D eigenvalue weighted by molar-refractivity contribution is 9.10. The van der Waals surface area contributed by atoms with Crippen molar-refractivity contribution >= 4 is 15.9 Å². The molecule has 0 N–H and O–H groups in total. The SMILES string of the molecule is CC(OCc1cncc(Br)c1)c1ccccc1. The topological polar surface area (TPSA) is 22.1 Å². The van der Waals surface area contributed by atoms with E-state index in [4.69, 9.17) is 4.74 Å². The Labute approximate surface area is 110 Å². The summed E-state index contributed by atoms with van der Waals surface area (Å²) in [6, 6.07) is 12.2. The molecule has 0 amide bonds. The van der Waals surface area contributed by atoms with E-state index in [1.807, 2.05) is 30.5 Å². The van der Waals surface area contributed by atoms with E-state index in [1.54, 1.807) is 6.20 Å². The van der Waals surface area contributed by atoms with Crippen LogP contribution in [0.25, 0.3) is 0 Å². The molecule has 88 valence electrons. The summed E-state index contributed by atoms with van der Waals surface area (Å²) in [5.74, 6) is 0. The Morgan fingerprint density at radius 1 is 1.24 bits per heavy atom. The van der Waals surface area contributed by atoms with Crippen LogP contribution in [0.15, 0.2) is 53.3 Å². The van der Waals surface area contributed by atoms with Crippen molar-refractivity contribution in [3.8, 4) is 0 Å². The fraction of sp³-hybridized carbons (Fsp3) is 0.214. The molecule has 0 aliphatic heterocycles. The Morgan fingerprint density at radius 3 is 2.71 bits per heavy atom. The predicted molar refractivity (Wildman–Crippen MR) is 71.6 cm³/mol. The number of hydrogen-bond donors (Lipinski definition) is 0. The highest BCUT2D eigenvalue weighted by Crippen LogP contribution is 2.18. The Kier molecular flexibility index (Phi) is 4.29. The summed E-state index contributed by atoms with van der Waals surface area (Å²) in [4.78, 5) is 4.11. The molecule has 0 bridgehead atoms. The molecule has 0 aliphatic rings. The standard InChI is InChI=1S/C14H14BrNO/c1-11(13-5-3-2-4-6-13)17-10-12-7-14(15)9-16-8-12/h2-9,11H,10H2,1H3. The van der Waals surface area contributed by atoms with Gasteiger partial charge in [-0.2, -0.15) is 0 Å². The first-order valence-electron chi connectivity index (χ1n) is 5.51. The van der Waals surface area contributed by atoms with E-state index >= 15 is 0 Å². The molecule has 3 heteroatoms. The molecule has 0 spiro atoms. The van der Waals surface area contributed by atoms with Gasteiger partial charge < -0.3 is 4.74 Å². The lowest BCUT2D eigenvalue weighted by Crippen LogP contribution is -2.00. The molecule has 2 rings (SSSR count). The predicted octanol–water partition coefficient (Wildman–Crippen LogP) is 4.12. The zero-order chi connectivity index (χ0) is 12.1. The van der Waals surface area contributed by atoms with E-state index in [9.17, 15) is 0 Å². The second-order valence-electron chi connectivity index (χ2n) is 3.88. The van der Waals surface area contributed by atoms with Crippen LogP contribution in [0, 0.1) is 0 Å². The number of nitrogens with zero attached hydrogens (tertiary/aromatic N) is 1. The summed E-state index contributed by atoms with van der Waals surface area (Å²) in [6.45, 7) is 2.63. The third kappa shape index (κ3) is 3.65. The molecule has 0 saturated carbocycles. The number of rotatable bonds is 4. The van der Waals surface area contributed by atoms with Crippen LogP contribution < -0.4 is 0 Å². The van der Waals surface area contributed by atoms with Crippen LogP contribution in [0.4, 0.5) is 0 Å². The van der Waals surface area contributed by atoms with E-state index in [2.05, 4.69) is 40.0 Å². The summed E-state index contributed by atoms with van der Waals surface area (Å²) >= 11 is 3.40. The van der Waals surface area contributed by atoms with Gasteiger partial charge in [-0.3, -0.25) is 4.98 Å². The highest BCUT2D eigenvalue weighted by Gasteiger charge is 2.05. The Hall–Kier alpha value is -1.19. The lowest BCUT2D eigenvalue weighted by atomic mass is 10.1. The van der Waals surface area contributed by atoms with Crippen molar-refractivity contribution < 1.29 is 4.74 Å². The van der Waals surface area contributed by atoms with Crippen molar-refractivity contribution in [3.63, 3.8) is 0 Å². The average Bonchev–Trinajstić information content (AvgIpc) is 2.37. The van der Waals surface area contributed by atoms with Gasteiger partial charge in [0.2, 0.25) is 0 Å². The summed E-state index contributed by atoms with van der Waals surface area (Å²) in [6.07, 6.45) is 3.68. The third-order valence-corrected chi connectivity index (χ3v) is 2.96. The minimum atomic E-state index is 0.0928. The quantitative estimate of drug-likeness (QED) is 0.845. The van der Waals surface area contributed by atoms with Crippen LogP contribution >= 0.6 is 15.9 Å².